The van der Waals surface area contributed by atoms with E-state index in [1.54, 1.807) is 0 Å². The third-order valence-electron chi connectivity index (χ3n) is 5.50. The van der Waals surface area contributed by atoms with Gasteiger partial charge in [-0.05, 0) is 24.8 Å². The number of alkyl halides is 1. The first kappa shape index (κ1) is 26.7. The van der Waals surface area contributed by atoms with Gasteiger partial charge in [0.2, 0.25) is 0 Å². The van der Waals surface area contributed by atoms with Gasteiger partial charge in [-0.25, -0.2) is 0 Å². The van der Waals surface area contributed by atoms with Gasteiger partial charge in [0, 0.05) is 5.88 Å². The first-order chi connectivity index (χ1) is 13.3. The summed E-state index contributed by atoms with van der Waals surface area (Å²) in [7, 11) is 0. The van der Waals surface area contributed by atoms with Crippen molar-refractivity contribution in [1.82, 2.24) is 0 Å². The molecular formula is C25H47ClO. The molecule has 0 amide bonds. The van der Waals surface area contributed by atoms with Crippen molar-refractivity contribution in [3.63, 3.8) is 0 Å². The van der Waals surface area contributed by atoms with E-state index in [0.717, 1.165) is 18.3 Å². The lowest BCUT2D eigenvalue weighted by atomic mass is 10.0. The first-order valence-electron chi connectivity index (χ1n) is 12.0. The van der Waals surface area contributed by atoms with E-state index in [9.17, 15) is 4.79 Å². The van der Waals surface area contributed by atoms with Crippen LogP contribution < -0.4 is 0 Å². The van der Waals surface area contributed by atoms with Crippen molar-refractivity contribution < 1.29 is 4.79 Å². The molecule has 0 saturated carbocycles. The van der Waals surface area contributed by atoms with Crippen LogP contribution in [0.15, 0.2) is 11.6 Å². The fourth-order valence-electron chi connectivity index (χ4n) is 3.65. The highest BCUT2D eigenvalue weighted by atomic mass is 35.5. The van der Waals surface area contributed by atoms with Gasteiger partial charge in [-0.1, -0.05) is 122 Å². The Morgan fingerprint density at radius 3 is 1.33 bits per heavy atom. The molecule has 0 N–H and O–H groups in total. The van der Waals surface area contributed by atoms with E-state index in [2.05, 4.69) is 13.0 Å². The van der Waals surface area contributed by atoms with Crippen LogP contribution in [0.5, 0.6) is 0 Å². The van der Waals surface area contributed by atoms with Crippen LogP contribution in [0.25, 0.3) is 0 Å². The number of unbranched alkanes of at least 4 members (excludes halogenated alkanes) is 18. The van der Waals surface area contributed by atoms with Gasteiger partial charge >= 0.3 is 0 Å². The van der Waals surface area contributed by atoms with E-state index in [0.29, 0.717) is 12.3 Å². The number of halogens is 1. The SMILES string of the molecule is CCCCCCCCCCCCCCCCCCCCC=C(C=O)CCCl. The first-order valence-corrected chi connectivity index (χ1v) is 12.6. The molecule has 0 atom stereocenters. The third-order valence-corrected chi connectivity index (χ3v) is 5.69. The quantitative estimate of drug-likeness (QED) is 0.0768. The van der Waals surface area contributed by atoms with E-state index in [4.69, 9.17) is 11.6 Å². The Bertz CT molecular complexity index is 324. The smallest absolute Gasteiger partial charge is 0.145 e. The monoisotopic (exact) mass is 398 g/mol. The fourth-order valence-corrected chi connectivity index (χ4v) is 3.87. The van der Waals surface area contributed by atoms with Gasteiger partial charge in [0.1, 0.15) is 6.29 Å². The molecule has 0 spiro atoms. The molecule has 0 unspecified atom stereocenters. The molecule has 160 valence electrons. The normalized spacial score (nSPS) is 11.9. The predicted octanol–water partition coefficient (Wildman–Crippen LogP) is 9.17. The second-order valence-corrected chi connectivity index (χ2v) is 8.51. The zero-order chi connectivity index (χ0) is 19.8. The second-order valence-electron chi connectivity index (χ2n) is 8.13. The number of carbonyl (C=O) groups is 1. The third kappa shape index (κ3) is 21.9. The molecule has 0 aromatic heterocycles. The maximum atomic E-state index is 10.8. The number of hydrogen-bond donors (Lipinski definition) is 0. The Morgan fingerprint density at radius 2 is 1.00 bits per heavy atom. The highest BCUT2D eigenvalue weighted by molar-refractivity contribution is 6.18. The predicted molar refractivity (Wildman–Crippen MR) is 123 cm³/mol. The molecule has 27 heavy (non-hydrogen) atoms. The van der Waals surface area contributed by atoms with Crippen LogP contribution in [0, 0.1) is 0 Å². The number of allylic oxidation sites excluding steroid dienone is 2. The van der Waals surface area contributed by atoms with Crippen LogP contribution in [-0.2, 0) is 4.79 Å². The average molecular weight is 399 g/mol. The molecule has 0 bridgehead atoms. The van der Waals surface area contributed by atoms with Crippen molar-refractivity contribution in [2.45, 2.75) is 135 Å². The summed E-state index contributed by atoms with van der Waals surface area (Å²) in [5, 5.41) is 0. The van der Waals surface area contributed by atoms with E-state index in [1.807, 2.05) is 0 Å². The fraction of sp³-hybridized carbons (Fsp3) is 0.880. The maximum Gasteiger partial charge on any atom is 0.145 e. The van der Waals surface area contributed by atoms with Crippen molar-refractivity contribution in [3.05, 3.63) is 11.6 Å². The Balaban J connectivity index is 3.14. The molecular weight excluding hydrogens is 352 g/mol. The van der Waals surface area contributed by atoms with Crippen LogP contribution >= 0.6 is 11.6 Å². The number of rotatable bonds is 22. The van der Waals surface area contributed by atoms with Crippen molar-refractivity contribution in [2.75, 3.05) is 5.88 Å². The van der Waals surface area contributed by atoms with E-state index < -0.39 is 0 Å². The Kier molecular flexibility index (Phi) is 23.5. The van der Waals surface area contributed by atoms with Crippen molar-refractivity contribution in [1.29, 1.82) is 0 Å². The van der Waals surface area contributed by atoms with Gasteiger partial charge in [0.05, 0.1) is 0 Å². The molecule has 0 heterocycles. The molecule has 0 aromatic rings. The van der Waals surface area contributed by atoms with Gasteiger partial charge in [-0.3, -0.25) is 4.79 Å². The van der Waals surface area contributed by atoms with E-state index in [-0.39, 0.29) is 0 Å². The largest absolute Gasteiger partial charge is 0.298 e. The molecule has 0 aliphatic rings. The van der Waals surface area contributed by atoms with Crippen molar-refractivity contribution in [2.24, 2.45) is 0 Å². The molecule has 2 heteroatoms. The minimum Gasteiger partial charge on any atom is -0.298 e. The zero-order valence-corrected chi connectivity index (χ0v) is 19.0. The van der Waals surface area contributed by atoms with E-state index in [1.165, 1.54) is 116 Å². The molecule has 0 aliphatic heterocycles. The average Bonchev–Trinajstić information content (AvgIpc) is 2.68. The van der Waals surface area contributed by atoms with Gasteiger partial charge in [-0.15, -0.1) is 11.6 Å². The summed E-state index contributed by atoms with van der Waals surface area (Å²) in [4.78, 5) is 10.8. The zero-order valence-electron chi connectivity index (χ0n) is 18.3. The van der Waals surface area contributed by atoms with Gasteiger partial charge in [-0.2, -0.15) is 0 Å². The minimum atomic E-state index is 0.545. The summed E-state index contributed by atoms with van der Waals surface area (Å²) in [5.74, 6) is 0.545. The molecule has 0 fully saturated rings. The van der Waals surface area contributed by atoms with Gasteiger partial charge in [0.15, 0.2) is 0 Å². The standard InChI is InChI=1S/C25H47ClO/c1-2-3-4-5-6-7-8-9-10-11-12-13-14-15-16-17-18-19-20-21-25(24-27)22-23-26/h21,24H,2-20,22-23H2,1H3. The molecule has 0 aliphatic carbocycles. The summed E-state index contributed by atoms with van der Waals surface area (Å²) in [6, 6.07) is 0. The van der Waals surface area contributed by atoms with E-state index >= 15 is 0 Å². The van der Waals surface area contributed by atoms with Crippen LogP contribution in [0.2, 0.25) is 0 Å². The minimum absolute atomic E-state index is 0.545. The Labute approximate surface area is 175 Å². The lowest BCUT2D eigenvalue weighted by Crippen LogP contribution is -1.87. The number of carbonyl (C=O) groups excluding carboxylic acids is 1. The molecule has 0 rings (SSSR count). The Morgan fingerprint density at radius 1 is 0.630 bits per heavy atom. The second kappa shape index (κ2) is 23.7. The highest BCUT2D eigenvalue weighted by Gasteiger charge is 1.96. The maximum absolute atomic E-state index is 10.8. The lowest BCUT2D eigenvalue weighted by Gasteiger charge is -2.03. The highest BCUT2D eigenvalue weighted by Crippen LogP contribution is 2.15. The molecule has 0 saturated heterocycles. The molecule has 1 nitrogen and oxygen atoms in total. The van der Waals surface area contributed by atoms with Crippen molar-refractivity contribution in [3.8, 4) is 0 Å². The van der Waals surface area contributed by atoms with Crippen molar-refractivity contribution >= 4 is 17.9 Å². The molecule has 0 radical (unpaired) electrons. The number of hydrogen-bond acceptors (Lipinski definition) is 1. The summed E-state index contributed by atoms with van der Waals surface area (Å²) in [5.41, 5.74) is 0.872. The number of aldehydes is 1. The Hall–Kier alpha value is -0.300. The lowest BCUT2D eigenvalue weighted by molar-refractivity contribution is -0.105. The van der Waals surface area contributed by atoms with Crippen LogP contribution in [-0.4, -0.2) is 12.2 Å². The topological polar surface area (TPSA) is 17.1 Å². The molecule has 0 aromatic carbocycles. The van der Waals surface area contributed by atoms with Crippen LogP contribution in [0.4, 0.5) is 0 Å². The van der Waals surface area contributed by atoms with Crippen LogP contribution in [0.1, 0.15) is 135 Å². The summed E-state index contributed by atoms with van der Waals surface area (Å²) < 4.78 is 0. The van der Waals surface area contributed by atoms with Crippen LogP contribution in [0.3, 0.4) is 0 Å². The summed E-state index contributed by atoms with van der Waals surface area (Å²) >= 11 is 5.67. The summed E-state index contributed by atoms with van der Waals surface area (Å²) in [6.45, 7) is 2.29. The summed E-state index contributed by atoms with van der Waals surface area (Å²) in [6.07, 6.45) is 30.1. The van der Waals surface area contributed by atoms with Gasteiger partial charge < -0.3 is 0 Å². The van der Waals surface area contributed by atoms with Gasteiger partial charge in [0.25, 0.3) is 0 Å².